The molecule has 0 saturated carbocycles. The molecule has 18 heavy (non-hydrogen) atoms. The highest BCUT2D eigenvalue weighted by molar-refractivity contribution is 5.78. The van der Waals surface area contributed by atoms with Gasteiger partial charge in [-0.1, -0.05) is 11.2 Å². The predicted molar refractivity (Wildman–Crippen MR) is 65.7 cm³/mol. The first-order valence-corrected chi connectivity index (χ1v) is 5.52. The summed E-state index contributed by atoms with van der Waals surface area (Å²) >= 11 is 0. The molecule has 2 atom stereocenters. The number of aromatic amines is 1. The van der Waals surface area contributed by atoms with Gasteiger partial charge in [-0.05, 0) is 29.6 Å². The van der Waals surface area contributed by atoms with E-state index < -0.39 is 12.2 Å². The van der Waals surface area contributed by atoms with Gasteiger partial charge in [0.25, 0.3) is 0 Å². The van der Waals surface area contributed by atoms with Crippen LogP contribution in [0.4, 0.5) is 0 Å². The van der Waals surface area contributed by atoms with Crippen molar-refractivity contribution < 1.29 is 10.2 Å². The standard InChI is InChI=1S/C11H13N5O2/c12-16-13-4-3-10(17)11(18)7-1-2-9-8(5-7)6-14-15-9/h1-2,5-6,10-11,17-18H,3-4H2,(H,14,15). The van der Waals surface area contributed by atoms with Crippen LogP contribution in [0.3, 0.4) is 0 Å². The minimum absolute atomic E-state index is 0.155. The van der Waals surface area contributed by atoms with Gasteiger partial charge in [-0.15, -0.1) is 0 Å². The number of hydrogen-bond acceptors (Lipinski definition) is 4. The van der Waals surface area contributed by atoms with Crippen molar-refractivity contribution in [2.45, 2.75) is 18.6 Å². The first-order chi connectivity index (χ1) is 8.72. The normalized spacial score (nSPS) is 14.1. The van der Waals surface area contributed by atoms with E-state index in [1.807, 2.05) is 0 Å². The van der Waals surface area contributed by atoms with Crippen LogP contribution in [0.2, 0.25) is 0 Å². The third kappa shape index (κ3) is 2.60. The number of aliphatic hydroxyl groups is 2. The molecule has 2 rings (SSSR count). The summed E-state index contributed by atoms with van der Waals surface area (Å²) in [6.45, 7) is 0.155. The highest BCUT2D eigenvalue weighted by Gasteiger charge is 2.18. The third-order valence-corrected chi connectivity index (χ3v) is 2.76. The highest BCUT2D eigenvalue weighted by Crippen LogP contribution is 2.22. The van der Waals surface area contributed by atoms with Crippen molar-refractivity contribution in [2.75, 3.05) is 6.54 Å². The fourth-order valence-corrected chi connectivity index (χ4v) is 1.76. The molecule has 7 heteroatoms. The van der Waals surface area contributed by atoms with Crippen LogP contribution in [0, 0.1) is 0 Å². The zero-order valence-electron chi connectivity index (χ0n) is 9.56. The van der Waals surface area contributed by atoms with E-state index in [4.69, 9.17) is 5.53 Å². The van der Waals surface area contributed by atoms with Crippen LogP contribution in [0.1, 0.15) is 18.1 Å². The highest BCUT2D eigenvalue weighted by atomic mass is 16.3. The summed E-state index contributed by atoms with van der Waals surface area (Å²) in [5.74, 6) is 0. The van der Waals surface area contributed by atoms with E-state index in [0.29, 0.717) is 5.56 Å². The molecule has 2 aromatic rings. The number of nitrogens with zero attached hydrogens (tertiary/aromatic N) is 4. The number of fused-ring (bicyclic) bond motifs is 1. The van der Waals surface area contributed by atoms with Crippen LogP contribution in [0.15, 0.2) is 29.5 Å². The smallest absolute Gasteiger partial charge is 0.105 e. The fourth-order valence-electron chi connectivity index (χ4n) is 1.76. The lowest BCUT2D eigenvalue weighted by molar-refractivity contribution is 0.0151. The Morgan fingerprint density at radius 1 is 1.44 bits per heavy atom. The van der Waals surface area contributed by atoms with E-state index in [1.54, 1.807) is 24.4 Å². The van der Waals surface area contributed by atoms with Gasteiger partial charge in [0.2, 0.25) is 0 Å². The van der Waals surface area contributed by atoms with Gasteiger partial charge in [0.1, 0.15) is 6.10 Å². The second kappa shape index (κ2) is 5.50. The lowest BCUT2D eigenvalue weighted by Crippen LogP contribution is -2.19. The molecule has 0 amide bonds. The van der Waals surface area contributed by atoms with Gasteiger partial charge in [-0.3, -0.25) is 5.10 Å². The van der Waals surface area contributed by atoms with E-state index in [2.05, 4.69) is 20.2 Å². The Kier molecular flexibility index (Phi) is 3.78. The van der Waals surface area contributed by atoms with Gasteiger partial charge in [-0.2, -0.15) is 5.10 Å². The lowest BCUT2D eigenvalue weighted by atomic mass is 10.0. The van der Waals surface area contributed by atoms with Crippen molar-refractivity contribution >= 4 is 10.9 Å². The summed E-state index contributed by atoms with van der Waals surface area (Å²) in [6.07, 6.45) is -0.0925. The summed E-state index contributed by atoms with van der Waals surface area (Å²) in [7, 11) is 0. The van der Waals surface area contributed by atoms with Crippen molar-refractivity contribution in [2.24, 2.45) is 5.11 Å². The first kappa shape index (κ1) is 12.4. The van der Waals surface area contributed by atoms with E-state index >= 15 is 0 Å². The number of nitrogens with one attached hydrogen (secondary N) is 1. The van der Waals surface area contributed by atoms with Crippen molar-refractivity contribution in [3.05, 3.63) is 40.4 Å². The molecule has 0 saturated heterocycles. The van der Waals surface area contributed by atoms with Gasteiger partial charge >= 0.3 is 0 Å². The second-order valence-electron chi connectivity index (χ2n) is 3.97. The van der Waals surface area contributed by atoms with Crippen LogP contribution < -0.4 is 0 Å². The maximum atomic E-state index is 9.97. The summed E-state index contributed by atoms with van der Waals surface area (Å²) in [5.41, 5.74) is 9.61. The SMILES string of the molecule is [N-]=[N+]=NCCC(O)C(O)c1ccc2[nH]ncc2c1. The van der Waals surface area contributed by atoms with Crippen LogP contribution in [-0.2, 0) is 0 Å². The van der Waals surface area contributed by atoms with Crippen LogP contribution in [-0.4, -0.2) is 33.1 Å². The zero-order chi connectivity index (χ0) is 13.0. The second-order valence-corrected chi connectivity index (χ2v) is 3.97. The molecule has 0 spiro atoms. The van der Waals surface area contributed by atoms with Gasteiger partial charge in [0, 0.05) is 16.8 Å². The number of hydrogen-bond donors (Lipinski definition) is 3. The predicted octanol–water partition coefficient (Wildman–Crippen LogP) is 1.66. The van der Waals surface area contributed by atoms with Crippen LogP contribution in [0.25, 0.3) is 21.3 Å². The van der Waals surface area contributed by atoms with Gasteiger partial charge in [0.15, 0.2) is 0 Å². The topological polar surface area (TPSA) is 118 Å². The van der Waals surface area contributed by atoms with Gasteiger partial charge in [0.05, 0.1) is 17.8 Å². The molecule has 0 aliphatic carbocycles. The van der Waals surface area contributed by atoms with Crippen molar-refractivity contribution in [3.8, 4) is 0 Å². The quantitative estimate of drug-likeness (QED) is 0.423. The Morgan fingerprint density at radius 2 is 2.28 bits per heavy atom. The molecule has 0 radical (unpaired) electrons. The zero-order valence-corrected chi connectivity index (χ0v) is 9.56. The Hall–Kier alpha value is -2.08. The van der Waals surface area contributed by atoms with E-state index in [-0.39, 0.29) is 13.0 Å². The first-order valence-electron chi connectivity index (χ1n) is 5.52. The molecule has 3 N–H and O–H groups in total. The molecule has 1 heterocycles. The molecule has 1 aromatic heterocycles. The van der Waals surface area contributed by atoms with Crippen LogP contribution in [0.5, 0.6) is 0 Å². The average Bonchev–Trinajstić information content (AvgIpc) is 2.85. The fraction of sp³-hybridized carbons (Fsp3) is 0.364. The third-order valence-electron chi connectivity index (χ3n) is 2.76. The molecule has 2 unspecified atom stereocenters. The molecule has 1 aromatic carbocycles. The van der Waals surface area contributed by atoms with E-state index in [0.717, 1.165) is 10.9 Å². The monoisotopic (exact) mass is 247 g/mol. The van der Waals surface area contributed by atoms with Gasteiger partial charge < -0.3 is 10.2 Å². The Bertz CT molecular complexity index is 576. The summed E-state index contributed by atoms with van der Waals surface area (Å²) in [4.78, 5) is 2.59. The molecule has 0 aliphatic heterocycles. The van der Waals surface area contributed by atoms with E-state index in [9.17, 15) is 10.2 Å². The summed E-state index contributed by atoms with van der Waals surface area (Å²) in [5, 5.41) is 30.6. The van der Waals surface area contributed by atoms with Crippen molar-refractivity contribution in [3.63, 3.8) is 0 Å². The minimum atomic E-state index is -1.00. The number of benzene rings is 1. The number of H-pyrrole nitrogens is 1. The lowest BCUT2D eigenvalue weighted by Gasteiger charge is -2.17. The molecule has 94 valence electrons. The molecule has 0 fully saturated rings. The molecule has 7 nitrogen and oxygen atoms in total. The summed E-state index contributed by atoms with van der Waals surface area (Å²) < 4.78 is 0. The largest absolute Gasteiger partial charge is 0.390 e. The van der Waals surface area contributed by atoms with Gasteiger partial charge in [-0.25, -0.2) is 0 Å². The minimum Gasteiger partial charge on any atom is -0.390 e. The maximum absolute atomic E-state index is 9.97. The Balaban J connectivity index is 2.11. The molecule has 0 aliphatic rings. The molecular weight excluding hydrogens is 234 g/mol. The molecule has 0 bridgehead atoms. The Morgan fingerprint density at radius 3 is 3.06 bits per heavy atom. The van der Waals surface area contributed by atoms with Crippen molar-refractivity contribution in [1.29, 1.82) is 0 Å². The molecular formula is C11H13N5O2. The van der Waals surface area contributed by atoms with E-state index in [1.165, 1.54) is 0 Å². The Labute approximate surface area is 103 Å². The number of rotatable bonds is 5. The van der Waals surface area contributed by atoms with Crippen LogP contribution >= 0.6 is 0 Å². The number of aliphatic hydroxyl groups excluding tert-OH is 2. The van der Waals surface area contributed by atoms with Crippen molar-refractivity contribution in [1.82, 2.24) is 10.2 Å². The summed E-state index contributed by atoms with van der Waals surface area (Å²) in [6, 6.07) is 5.28. The average molecular weight is 247 g/mol. The maximum Gasteiger partial charge on any atom is 0.105 e. The number of aromatic nitrogens is 2. The number of azide groups is 1.